The molecule has 3 rings (SSSR count). The summed E-state index contributed by atoms with van der Waals surface area (Å²) in [7, 11) is 0. The zero-order valence-corrected chi connectivity index (χ0v) is 19.2. The Hall–Kier alpha value is -1.38. The predicted molar refractivity (Wildman–Crippen MR) is 127 cm³/mol. The van der Waals surface area contributed by atoms with E-state index in [-0.39, 0.29) is 5.78 Å². The monoisotopic (exact) mass is 600 g/mol. The molecule has 0 atom stereocenters. The van der Waals surface area contributed by atoms with Crippen LogP contribution in [0, 0.1) is 7.14 Å². The molecule has 27 heavy (non-hydrogen) atoms. The summed E-state index contributed by atoms with van der Waals surface area (Å²) in [4.78, 5) is 12.2. The number of hydrogen-bond acceptors (Lipinski definition) is 2. The molecule has 0 heterocycles. The summed E-state index contributed by atoms with van der Waals surface area (Å²) in [5.74, 6) is 0.808. The average Bonchev–Trinajstić information content (AvgIpc) is 2.67. The molecule has 3 aromatic carbocycles. The molecule has 0 aliphatic heterocycles. The maximum absolute atomic E-state index is 12.2. The van der Waals surface area contributed by atoms with Gasteiger partial charge in [0.25, 0.3) is 0 Å². The zero-order valence-electron chi connectivity index (χ0n) is 14.2. The van der Waals surface area contributed by atoms with Gasteiger partial charge in [0.1, 0.15) is 12.4 Å². The van der Waals surface area contributed by atoms with E-state index in [2.05, 4.69) is 45.2 Å². The Balaban J connectivity index is 1.74. The molecule has 0 aliphatic rings. The van der Waals surface area contributed by atoms with Crippen molar-refractivity contribution in [3.63, 3.8) is 0 Å². The smallest absolute Gasteiger partial charge is 0.185 e. The first-order valence-electron chi connectivity index (χ1n) is 8.17. The van der Waals surface area contributed by atoms with Gasteiger partial charge in [0, 0.05) is 16.1 Å². The van der Waals surface area contributed by atoms with Crippen LogP contribution < -0.4 is 4.74 Å². The molecule has 0 N–H and O–H groups in total. The quantitative estimate of drug-likeness (QED) is 0.173. The molecule has 0 bridgehead atoms. The second kappa shape index (κ2) is 9.71. The number of ketones is 1. The van der Waals surface area contributed by atoms with Crippen LogP contribution in [0.4, 0.5) is 0 Å². The largest absolute Gasteiger partial charge is 0.487 e. The molecule has 0 saturated carbocycles. The number of hydrogen-bond donors (Lipinski definition) is 0. The molecule has 2 nitrogen and oxygen atoms in total. The summed E-state index contributed by atoms with van der Waals surface area (Å²) in [5, 5.41) is 0.696. The van der Waals surface area contributed by atoms with Crippen molar-refractivity contribution in [2.45, 2.75) is 6.61 Å². The first-order valence-corrected chi connectivity index (χ1v) is 10.7. The van der Waals surface area contributed by atoms with Gasteiger partial charge in [-0.1, -0.05) is 66.2 Å². The van der Waals surface area contributed by atoms with Crippen LogP contribution in [0.3, 0.4) is 0 Å². The lowest BCUT2D eigenvalue weighted by molar-refractivity contribution is 0.104. The van der Waals surface area contributed by atoms with Gasteiger partial charge in [-0.2, -0.15) is 0 Å². The van der Waals surface area contributed by atoms with E-state index >= 15 is 0 Å². The highest BCUT2D eigenvalue weighted by atomic mass is 127. The van der Waals surface area contributed by atoms with Crippen molar-refractivity contribution in [1.82, 2.24) is 0 Å². The maximum Gasteiger partial charge on any atom is 0.185 e. The Morgan fingerprint density at radius 2 is 1.59 bits per heavy atom. The number of benzene rings is 3. The molecule has 0 saturated heterocycles. The SMILES string of the molecule is O=C(/C=C/c1cc(I)c(OCc2ccccc2Cl)c(I)c1)c1ccccc1. The summed E-state index contributed by atoms with van der Waals surface area (Å²) in [5.41, 5.74) is 2.58. The van der Waals surface area contributed by atoms with Crippen LogP contribution in [0.15, 0.2) is 72.8 Å². The molecule has 0 fully saturated rings. The van der Waals surface area contributed by atoms with Crippen molar-refractivity contribution in [2.24, 2.45) is 0 Å². The highest BCUT2D eigenvalue weighted by molar-refractivity contribution is 14.1. The third kappa shape index (κ3) is 5.56. The van der Waals surface area contributed by atoms with Crippen LogP contribution in [0.5, 0.6) is 5.75 Å². The second-order valence-electron chi connectivity index (χ2n) is 5.76. The highest BCUT2D eigenvalue weighted by Gasteiger charge is 2.10. The minimum atomic E-state index is -0.0142. The van der Waals surface area contributed by atoms with E-state index in [1.807, 2.05) is 72.8 Å². The van der Waals surface area contributed by atoms with Gasteiger partial charge >= 0.3 is 0 Å². The molecule has 0 aromatic heterocycles. The molecule has 3 aromatic rings. The lowest BCUT2D eigenvalue weighted by Crippen LogP contribution is -2.00. The van der Waals surface area contributed by atoms with Gasteiger partial charge in [0.05, 0.1) is 7.14 Å². The van der Waals surface area contributed by atoms with Gasteiger partial charge in [-0.25, -0.2) is 0 Å². The van der Waals surface area contributed by atoms with Gasteiger partial charge in [-0.15, -0.1) is 0 Å². The van der Waals surface area contributed by atoms with Gasteiger partial charge in [-0.05, 0) is 75.0 Å². The molecule has 0 amide bonds. The Morgan fingerprint density at radius 3 is 2.26 bits per heavy atom. The fourth-order valence-electron chi connectivity index (χ4n) is 2.45. The summed E-state index contributed by atoms with van der Waals surface area (Å²) in [6, 6.07) is 20.9. The normalized spacial score (nSPS) is 10.9. The average molecular weight is 601 g/mol. The lowest BCUT2D eigenvalue weighted by Gasteiger charge is -2.12. The van der Waals surface area contributed by atoms with Crippen LogP contribution in [0.2, 0.25) is 5.02 Å². The van der Waals surface area contributed by atoms with Crippen molar-refractivity contribution in [2.75, 3.05) is 0 Å². The molecular weight excluding hydrogens is 586 g/mol. The topological polar surface area (TPSA) is 26.3 Å². The van der Waals surface area contributed by atoms with Gasteiger partial charge in [0.2, 0.25) is 0 Å². The minimum absolute atomic E-state index is 0.0142. The summed E-state index contributed by atoms with van der Waals surface area (Å²) in [6.45, 7) is 0.410. The lowest BCUT2D eigenvalue weighted by atomic mass is 10.1. The molecule has 0 spiro atoms. The van der Waals surface area contributed by atoms with Gasteiger partial charge in [-0.3, -0.25) is 4.79 Å². The van der Waals surface area contributed by atoms with Gasteiger partial charge in [0.15, 0.2) is 5.78 Å². The van der Waals surface area contributed by atoms with Gasteiger partial charge < -0.3 is 4.74 Å². The number of ether oxygens (including phenoxy) is 1. The Labute approximate surface area is 190 Å². The van der Waals surface area contributed by atoms with Crippen LogP contribution in [0.25, 0.3) is 6.08 Å². The van der Waals surface area contributed by atoms with Crippen molar-refractivity contribution in [3.05, 3.63) is 102 Å². The number of halogens is 3. The Morgan fingerprint density at radius 1 is 0.963 bits per heavy atom. The van der Waals surface area contributed by atoms with Crippen LogP contribution in [-0.4, -0.2) is 5.78 Å². The minimum Gasteiger partial charge on any atom is -0.487 e. The number of rotatable bonds is 6. The van der Waals surface area contributed by atoms with E-state index in [1.165, 1.54) is 0 Å². The predicted octanol–water partition coefficient (Wildman–Crippen LogP) is 7.02. The summed E-state index contributed by atoms with van der Waals surface area (Å²) in [6.07, 6.45) is 3.43. The zero-order chi connectivity index (χ0) is 19.2. The Kier molecular flexibility index (Phi) is 7.32. The van der Waals surface area contributed by atoms with Crippen molar-refractivity contribution in [3.8, 4) is 5.75 Å². The molecule has 0 radical (unpaired) electrons. The fourth-order valence-corrected chi connectivity index (χ4v) is 4.77. The van der Waals surface area contributed by atoms with E-state index in [4.69, 9.17) is 16.3 Å². The van der Waals surface area contributed by atoms with Crippen LogP contribution >= 0.6 is 56.8 Å². The van der Waals surface area contributed by atoms with Crippen molar-refractivity contribution >= 4 is 68.6 Å². The number of carbonyl (C=O) groups is 1. The third-order valence-electron chi connectivity index (χ3n) is 3.84. The standard InChI is InChI=1S/C22H15ClI2O2/c23-18-9-5-4-8-17(18)14-27-22-19(24)12-15(13-20(22)25)10-11-21(26)16-6-2-1-3-7-16/h1-13H,14H2/b11-10+. The Bertz CT molecular complexity index is 962. The highest BCUT2D eigenvalue weighted by Crippen LogP contribution is 2.31. The molecular formula is C22H15ClI2O2. The summed E-state index contributed by atoms with van der Waals surface area (Å²) >= 11 is 10.7. The van der Waals surface area contributed by atoms with Crippen molar-refractivity contribution in [1.29, 1.82) is 0 Å². The fraction of sp³-hybridized carbons (Fsp3) is 0.0455. The maximum atomic E-state index is 12.2. The molecule has 136 valence electrons. The second-order valence-corrected chi connectivity index (χ2v) is 8.49. The number of allylic oxidation sites excluding steroid dienone is 1. The van der Waals surface area contributed by atoms with E-state index in [1.54, 1.807) is 6.08 Å². The summed E-state index contributed by atoms with van der Waals surface area (Å²) < 4.78 is 7.96. The van der Waals surface area contributed by atoms with E-state index < -0.39 is 0 Å². The molecule has 0 unspecified atom stereocenters. The van der Waals surface area contributed by atoms with Crippen molar-refractivity contribution < 1.29 is 9.53 Å². The first kappa shape index (κ1) is 20.4. The molecule has 5 heteroatoms. The van der Waals surface area contributed by atoms with E-state index in [9.17, 15) is 4.79 Å². The van der Waals surface area contributed by atoms with Crippen LogP contribution in [0.1, 0.15) is 21.5 Å². The van der Waals surface area contributed by atoms with E-state index in [0.29, 0.717) is 17.2 Å². The molecule has 0 aliphatic carbocycles. The number of carbonyl (C=O) groups excluding carboxylic acids is 1. The first-order chi connectivity index (χ1) is 13.0. The van der Waals surface area contributed by atoms with Crippen LogP contribution in [-0.2, 0) is 6.61 Å². The van der Waals surface area contributed by atoms with E-state index in [0.717, 1.165) is 24.0 Å². The third-order valence-corrected chi connectivity index (χ3v) is 5.81.